The number of hydrogen-bond acceptors (Lipinski definition) is 5. The zero-order valence-electron chi connectivity index (χ0n) is 11.6. The molecule has 6 nitrogen and oxygen atoms in total. The standard InChI is InChI=1S/C13H19N5O/c1-4-6-18-8-10(7-17-18)11-12(19-3)13(14-5-2)16-9-15-11/h7-9H,4-6H2,1-3H3,(H,14,15,16). The fraction of sp³-hybridized carbons (Fsp3) is 0.462. The number of nitrogens with one attached hydrogen (secondary N) is 1. The molecule has 2 rings (SSSR count). The van der Waals surface area contributed by atoms with Crippen molar-refractivity contribution in [3.8, 4) is 17.0 Å². The molecule has 2 aromatic rings. The third-order valence-electron chi connectivity index (χ3n) is 2.71. The van der Waals surface area contributed by atoms with Crippen molar-refractivity contribution in [3.63, 3.8) is 0 Å². The molecule has 2 heterocycles. The summed E-state index contributed by atoms with van der Waals surface area (Å²) >= 11 is 0. The van der Waals surface area contributed by atoms with Crippen LogP contribution in [0, 0.1) is 0 Å². The Morgan fingerprint density at radius 2 is 2.16 bits per heavy atom. The van der Waals surface area contributed by atoms with Crippen molar-refractivity contribution in [2.45, 2.75) is 26.8 Å². The van der Waals surface area contributed by atoms with Crippen LogP contribution in [0.5, 0.6) is 5.75 Å². The summed E-state index contributed by atoms with van der Waals surface area (Å²) in [5.74, 6) is 1.36. The van der Waals surface area contributed by atoms with E-state index in [1.54, 1.807) is 13.3 Å². The van der Waals surface area contributed by atoms with E-state index < -0.39 is 0 Å². The van der Waals surface area contributed by atoms with Crippen molar-refractivity contribution in [1.29, 1.82) is 0 Å². The maximum Gasteiger partial charge on any atom is 0.187 e. The van der Waals surface area contributed by atoms with Crippen LogP contribution in [-0.4, -0.2) is 33.4 Å². The summed E-state index contributed by atoms with van der Waals surface area (Å²) in [5, 5.41) is 7.48. The summed E-state index contributed by atoms with van der Waals surface area (Å²) in [6.07, 6.45) is 6.36. The van der Waals surface area contributed by atoms with Crippen molar-refractivity contribution in [2.75, 3.05) is 19.0 Å². The van der Waals surface area contributed by atoms with Crippen LogP contribution in [0.1, 0.15) is 20.3 Å². The lowest BCUT2D eigenvalue weighted by Gasteiger charge is -2.10. The van der Waals surface area contributed by atoms with Crippen molar-refractivity contribution in [1.82, 2.24) is 19.7 Å². The minimum absolute atomic E-state index is 0.653. The molecule has 0 unspecified atom stereocenters. The molecular weight excluding hydrogens is 242 g/mol. The molecule has 1 N–H and O–H groups in total. The minimum atomic E-state index is 0.653. The number of rotatable bonds is 6. The summed E-state index contributed by atoms with van der Waals surface area (Å²) in [6.45, 7) is 5.81. The fourth-order valence-electron chi connectivity index (χ4n) is 1.90. The number of anilines is 1. The van der Waals surface area contributed by atoms with Crippen LogP contribution in [0.25, 0.3) is 11.3 Å². The van der Waals surface area contributed by atoms with Gasteiger partial charge >= 0.3 is 0 Å². The average molecular weight is 261 g/mol. The van der Waals surface area contributed by atoms with Crippen LogP contribution < -0.4 is 10.1 Å². The van der Waals surface area contributed by atoms with Gasteiger partial charge in [-0.1, -0.05) is 6.92 Å². The normalized spacial score (nSPS) is 10.5. The lowest BCUT2D eigenvalue weighted by atomic mass is 10.2. The van der Waals surface area contributed by atoms with Crippen molar-refractivity contribution >= 4 is 5.82 Å². The predicted molar refractivity (Wildman–Crippen MR) is 74.3 cm³/mol. The van der Waals surface area contributed by atoms with Crippen LogP contribution in [0.4, 0.5) is 5.82 Å². The molecule has 0 aliphatic carbocycles. The van der Waals surface area contributed by atoms with Gasteiger partial charge in [-0.2, -0.15) is 5.10 Å². The Balaban J connectivity index is 2.39. The number of aromatic nitrogens is 4. The monoisotopic (exact) mass is 261 g/mol. The molecule has 0 spiro atoms. The van der Waals surface area contributed by atoms with Crippen LogP contribution in [0.3, 0.4) is 0 Å². The molecular formula is C13H19N5O. The van der Waals surface area contributed by atoms with Crippen LogP contribution in [0.15, 0.2) is 18.7 Å². The molecule has 0 saturated heterocycles. The Morgan fingerprint density at radius 1 is 1.32 bits per heavy atom. The Morgan fingerprint density at radius 3 is 2.84 bits per heavy atom. The SMILES string of the molecule is CCCn1cc(-c2ncnc(NCC)c2OC)cn1. The Bertz CT molecular complexity index is 538. The van der Waals surface area contributed by atoms with Gasteiger partial charge in [-0.05, 0) is 13.3 Å². The molecule has 102 valence electrons. The third-order valence-corrected chi connectivity index (χ3v) is 2.71. The van der Waals surface area contributed by atoms with E-state index in [0.717, 1.165) is 30.8 Å². The van der Waals surface area contributed by atoms with E-state index in [2.05, 4.69) is 27.3 Å². The maximum atomic E-state index is 5.43. The van der Waals surface area contributed by atoms with Gasteiger partial charge in [-0.15, -0.1) is 0 Å². The van der Waals surface area contributed by atoms with E-state index in [-0.39, 0.29) is 0 Å². The number of hydrogen-bond donors (Lipinski definition) is 1. The highest BCUT2D eigenvalue weighted by Gasteiger charge is 2.14. The van der Waals surface area contributed by atoms with E-state index in [9.17, 15) is 0 Å². The van der Waals surface area contributed by atoms with Gasteiger partial charge in [0.25, 0.3) is 0 Å². The molecule has 6 heteroatoms. The summed E-state index contributed by atoms with van der Waals surface area (Å²) in [5.41, 5.74) is 1.70. The molecule has 2 aromatic heterocycles. The van der Waals surface area contributed by atoms with E-state index in [4.69, 9.17) is 4.74 Å². The van der Waals surface area contributed by atoms with Gasteiger partial charge in [-0.3, -0.25) is 4.68 Å². The Labute approximate surface area is 112 Å². The summed E-state index contributed by atoms with van der Waals surface area (Å²) in [4.78, 5) is 8.50. The fourth-order valence-corrected chi connectivity index (χ4v) is 1.90. The van der Waals surface area contributed by atoms with Gasteiger partial charge < -0.3 is 10.1 Å². The zero-order valence-corrected chi connectivity index (χ0v) is 11.6. The largest absolute Gasteiger partial charge is 0.491 e. The summed E-state index contributed by atoms with van der Waals surface area (Å²) in [7, 11) is 1.62. The third kappa shape index (κ3) is 2.83. The lowest BCUT2D eigenvalue weighted by molar-refractivity contribution is 0.414. The highest BCUT2D eigenvalue weighted by molar-refractivity contribution is 5.71. The second kappa shape index (κ2) is 6.17. The van der Waals surface area contributed by atoms with Crippen LogP contribution >= 0.6 is 0 Å². The first-order valence-corrected chi connectivity index (χ1v) is 6.45. The predicted octanol–water partition coefficient (Wildman–Crippen LogP) is 2.19. The molecule has 0 aliphatic rings. The highest BCUT2D eigenvalue weighted by atomic mass is 16.5. The summed E-state index contributed by atoms with van der Waals surface area (Å²) in [6, 6.07) is 0. The van der Waals surface area contributed by atoms with Crippen molar-refractivity contribution in [3.05, 3.63) is 18.7 Å². The minimum Gasteiger partial charge on any atom is -0.491 e. The highest BCUT2D eigenvalue weighted by Crippen LogP contribution is 2.32. The van der Waals surface area contributed by atoms with Gasteiger partial charge in [0.1, 0.15) is 12.0 Å². The second-order valence-electron chi connectivity index (χ2n) is 4.13. The van der Waals surface area contributed by atoms with Crippen molar-refractivity contribution < 1.29 is 4.74 Å². The van der Waals surface area contributed by atoms with E-state index >= 15 is 0 Å². The first-order chi connectivity index (χ1) is 9.30. The molecule has 0 amide bonds. The number of ether oxygens (including phenoxy) is 1. The second-order valence-corrected chi connectivity index (χ2v) is 4.13. The van der Waals surface area contributed by atoms with Gasteiger partial charge in [0.15, 0.2) is 11.6 Å². The molecule has 0 saturated carbocycles. The lowest BCUT2D eigenvalue weighted by Crippen LogP contribution is -2.04. The smallest absolute Gasteiger partial charge is 0.187 e. The molecule has 0 atom stereocenters. The van der Waals surface area contributed by atoms with Crippen LogP contribution in [0.2, 0.25) is 0 Å². The number of nitrogens with zero attached hydrogens (tertiary/aromatic N) is 4. The van der Waals surface area contributed by atoms with Gasteiger partial charge in [0.2, 0.25) is 0 Å². The Hall–Kier alpha value is -2.11. The first kappa shape index (κ1) is 13.3. The Kier molecular flexibility index (Phi) is 4.33. The number of methoxy groups -OCH3 is 1. The number of aryl methyl sites for hydroxylation is 1. The molecule has 0 fully saturated rings. The molecule has 0 bridgehead atoms. The van der Waals surface area contributed by atoms with E-state index in [1.807, 2.05) is 17.8 Å². The van der Waals surface area contributed by atoms with Gasteiger partial charge in [0.05, 0.1) is 13.3 Å². The summed E-state index contributed by atoms with van der Waals surface area (Å²) < 4.78 is 7.33. The van der Waals surface area contributed by atoms with Gasteiger partial charge in [0, 0.05) is 24.8 Å². The van der Waals surface area contributed by atoms with Crippen molar-refractivity contribution in [2.24, 2.45) is 0 Å². The van der Waals surface area contributed by atoms with Gasteiger partial charge in [-0.25, -0.2) is 9.97 Å². The van der Waals surface area contributed by atoms with E-state index in [0.29, 0.717) is 11.6 Å². The molecule has 19 heavy (non-hydrogen) atoms. The first-order valence-electron chi connectivity index (χ1n) is 6.45. The zero-order chi connectivity index (χ0) is 13.7. The quantitative estimate of drug-likeness (QED) is 0.863. The topological polar surface area (TPSA) is 64.9 Å². The average Bonchev–Trinajstić information content (AvgIpc) is 2.88. The molecule has 0 aliphatic heterocycles. The van der Waals surface area contributed by atoms with E-state index in [1.165, 1.54) is 6.33 Å². The maximum absolute atomic E-state index is 5.43. The molecule has 0 aromatic carbocycles. The van der Waals surface area contributed by atoms with Crippen LogP contribution in [-0.2, 0) is 6.54 Å². The molecule has 0 radical (unpaired) electrons.